The first kappa shape index (κ1) is 14.5. The van der Waals surface area contributed by atoms with Crippen molar-refractivity contribution >= 4 is 18.1 Å². The third kappa shape index (κ3) is 3.23. The van der Waals surface area contributed by atoms with Crippen LogP contribution in [-0.4, -0.2) is 32.4 Å². The van der Waals surface area contributed by atoms with E-state index in [1.165, 1.54) is 0 Å². The fourth-order valence-corrected chi connectivity index (χ4v) is 2.43. The third-order valence-electron chi connectivity index (χ3n) is 3.55. The Balaban J connectivity index is 1.87. The lowest BCUT2D eigenvalue weighted by molar-refractivity contribution is -0.0396. The Morgan fingerprint density at radius 3 is 3.00 bits per heavy atom. The molecule has 6 nitrogen and oxygen atoms in total. The van der Waals surface area contributed by atoms with E-state index in [-0.39, 0.29) is 11.9 Å². The summed E-state index contributed by atoms with van der Waals surface area (Å²) >= 11 is 0. The van der Waals surface area contributed by atoms with Crippen molar-refractivity contribution in [1.82, 2.24) is 14.8 Å². The molecular formula is C16H17N3O3. The lowest BCUT2D eigenvalue weighted by Gasteiger charge is -2.22. The first-order valence-corrected chi connectivity index (χ1v) is 7.26. The quantitative estimate of drug-likeness (QED) is 0.939. The number of hydrogen-bond donors (Lipinski definition) is 1. The minimum absolute atomic E-state index is 0.0364. The first-order chi connectivity index (χ1) is 10.7. The van der Waals surface area contributed by atoms with E-state index in [0.29, 0.717) is 12.2 Å². The Labute approximate surface area is 128 Å². The van der Waals surface area contributed by atoms with E-state index in [2.05, 4.69) is 10.1 Å². The van der Waals surface area contributed by atoms with Gasteiger partial charge in [-0.05, 0) is 30.9 Å². The van der Waals surface area contributed by atoms with Gasteiger partial charge in [0.2, 0.25) is 0 Å². The van der Waals surface area contributed by atoms with Gasteiger partial charge in [-0.2, -0.15) is 5.10 Å². The van der Waals surface area contributed by atoms with Gasteiger partial charge in [0.15, 0.2) is 5.69 Å². The second-order valence-corrected chi connectivity index (χ2v) is 5.16. The molecule has 0 spiro atoms. The Kier molecular flexibility index (Phi) is 4.29. The summed E-state index contributed by atoms with van der Waals surface area (Å²) in [7, 11) is 0. The number of carbonyl (C=O) groups is 1. The lowest BCUT2D eigenvalue weighted by Crippen LogP contribution is -2.19. The van der Waals surface area contributed by atoms with Crippen molar-refractivity contribution < 1.29 is 14.6 Å². The highest BCUT2D eigenvalue weighted by molar-refractivity contribution is 5.91. The number of carboxylic acids is 1. The molecule has 2 aromatic heterocycles. The maximum absolute atomic E-state index is 11.4. The van der Waals surface area contributed by atoms with Gasteiger partial charge in [0.05, 0.1) is 0 Å². The summed E-state index contributed by atoms with van der Waals surface area (Å²) in [6.07, 6.45) is 11.5. The standard InChI is InChI=1S/C16H17N3O3/c20-16(21)15-13(7-6-12-4-3-8-17-10-12)11-19(18-15)14-5-1-2-9-22-14/h3-4,6-8,10-11,14H,1-2,5,9H2,(H,20,21)/b7-6+. The fourth-order valence-electron chi connectivity index (χ4n) is 2.43. The van der Waals surface area contributed by atoms with Gasteiger partial charge < -0.3 is 9.84 Å². The number of aromatic nitrogens is 3. The van der Waals surface area contributed by atoms with Gasteiger partial charge in [0.25, 0.3) is 0 Å². The smallest absolute Gasteiger partial charge is 0.357 e. The molecule has 0 aromatic carbocycles. The van der Waals surface area contributed by atoms with Gasteiger partial charge in [-0.15, -0.1) is 0 Å². The number of hydrogen-bond acceptors (Lipinski definition) is 4. The molecule has 1 atom stereocenters. The van der Waals surface area contributed by atoms with E-state index in [1.807, 2.05) is 18.2 Å². The largest absolute Gasteiger partial charge is 0.476 e. The van der Waals surface area contributed by atoms with Crippen LogP contribution in [0.2, 0.25) is 0 Å². The summed E-state index contributed by atoms with van der Waals surface area (Å²) < 4.78 is 7.26. The molecule has 0 bridgehead atoms. The van der Waals surface area contributed by atoms with Gasteiger partial charge in [0, 0.05) is 30.8 Å². The summed E-state index contributed by atoms with van der Waals surface area (Å²) in [6.45, 7) is 0.688. The summed E-state index contributed by atoms with van der Waals surface area (Å²) in [5.41, 5.74) is 1.50. The van der Waals surface area contributed by atoms with Crippen molar-refractivity contribution in [2.75, 3.05) is 6.61 Å². The normalized spacial score (nSPS) is 18.6. The van der Waals surface area contributed by atoms with Crippen molar-refractivity contribution in [2.45, 2.75) is 25.5 Å². The van der Waals surface area contributed by atoms with Crippen LogP contribution in [-0.2, 0) is 4.74 Å². The number of nitrogens with zero attached hydrogens (tertiary/aromatic N) is 3. The molecule has 1 aliphatic rings. The van der Waals surface area contributed by atoms with E-state index < -0.39 is 5.97 Å². The minimum atomic E-state index is -1.04. The average Bonchev–Trinajstić information content (AvgIpc) is 2.99. The zero-order chi connectivity index (χ0) is 15.4. The number of ether oxygens (including phenoxy) is 1. The van der Waals surface area contributed by atoms with Crippen LogP contribution in [0, 0.1) is 0 Å². The Bertz CT molecular complexity index is 673. The molecule has 114 valence electrons. The minimum Gasteiger partial charge on any atom is -0.476 e. The molecule has 1 N–H and O–H groups in total. The maximum Gasteiger partial charge on any atom is 0.357 e. The molecule has 0 aliphatic carbocycles. The van der Waals surface area contributed by atoms with Crippen LogP contribution >= 0.6 is 0 Å². The molecule has 3 rings (SSSR count). The van der Waals surface area contributed by atoms with E-state index in [0.717, 1.165) is 24.8 Å². The molecule has 1 fully saturated rings. The molecule has 2 aromatic rings. The van der Waals surface area contributed by atoms with Gasteiger partial charge in [-0.25, -0.2) is 9.48 Å². The number of rotatable bonds is 4. The number of pyridine rings is 1. The molecule has 1 unspecified atom stereocenters. The number of carboxylic acid groups (broad SMARTS) is 1. The van der Waals surface area contributed by atoms with Gasteiger partial charge >= 0.3 is 5.97 Å². The van der Waals surface area contributed by atoms with Crippen LogP contribution in [0.3, 0.4) is 0 Å². The Morgan fingerprint density at radius 1 is 1.41 bits per heavy atom. The van der Waals surface area contributed by atoms with Crippen molar-refractivity contribution in [3.63, 3.8) is 0 Å². The predicted octanol–water partition coefficient (Wildman–Crippen LogP) is 2.85. The van der Waals surface area contributed by atoms with E-state index in [4.69, 9.17) is 4.74 Å². The molecule has 6 heteroatoms. The maximum atomic E-state index is 11.4. The molecular weight excluding hydrogens is 282 g/mol. The summed E-state index contributed by atoms with van der Waals surface area (Å²) in [5.74, 6) is -1.04. The second kappa shape index (κ2) is 6.53. The molecule has 1 aliphatic heterocycles. The van der Waals surface area contributed by atoms with E-state index in [9.17, 15) is 9.90 Å². The van der Waals surface area contributed by atoms with Crippen LogP contribution in [0.4, 0.5) is 0 Å². The highest BCUT2D eigenvalue weighted by Gasteiger charge is 2.21. The zero-order valence-electron chi connectivity index (χ0n) is 12.1. The van der Waals surface area contributed by atoms with Crippen LogP contribution in [0.25, 0.3) is 12.2 Å². The van der Waals surface area contributed by atoms with Gasteiger partial charge in [-0.3, -0.25) is 4.98 Å². The molecule has 22 heavy (non-hydrogen) atoms. The van der Waals surface area contributed by atoms with Crippen molar-refractivity contribution in [1.29, 1.82) is 0 Å². The van der Waals surface area contributed by atoms with Gasteiger partial charge in [-0.1, -0.05) is 18.2 Å². The average molecular weight is 299 g/mol. The molecule has 0 amide bonds. The van der Waals surface area contributed by atoms with Crippen molar-refractivity contribution in [3.8, 4) is 0 Å². The van der Waals surface area contributed by atoms with Crippen molar-refractivity contribution in [3.05, 3.63) is 47.5 Å². The van der Waals surface area contributed by atoms with E-state index in [1.54, 1.807) is 29.3 Å². The summed E-state index contributed by atoms with van der Waals surface area (Å²) in [6, 6.07) is 3.73. The topological polar surface area (TPSA) is 77.2 Å². The Hall–Kier alpha value is -2.47. The van der Waals surface area contributed by atoms with Gasteiger partial charge in [0.1, 0.15) is 6.23 Å². The highest BCUT2D eigenvalue weighted by atomic mass is 16.5. The SMILES string of the molecule is O=C(O)c1nn(C2CCCCO2)cc1/C=C/c1cccnc1. The molecule has 1 saturated heterocycles. The van der Waals surface area contributed by atoms with Crippen molar-refractivity contribution in [2.24, 2.45) is 0 Å². The molecule has 3 heterocycles. The second-order valence-electron chi connectivity index (χ2n) is 5.16. The molecule has 0 radical (unpaired) electrons. The van der Waals surface area contributed by atoms with E-state index >= 15 is 0 Å². The lowest BCUT2D eigenvalue weighted by atomic mass is 10.2. The third-order valence-corrected chi connectivity index (χ3v) is 3.55. The van der Waals surface area contributed by atoms with Crippen LogP contribution < -0.4 is 0 Å². The molecule has 0 saturated carbocycles. The van der Waals surface area contributed by atoms with Crippen LogP contribution in [0.15, 0.2) is 30.7 Å². The summed E-state index contributed by atoms with van der Waals surface area (Å²) in [5, 5.41) is 13.5. The number of aromatic carboxylic acids is 1. The predicted molar refractivity (Wildman–Crippen MR) is 81.2 cm³/mol. The monoisotopic (exact) mass is 299 g/mol. The first-order valence-electron chi connectivity index (χ1n) is 7.26. The fraction of sp³-hybridized carbons (Fsp3) is 0.312. The van der Waals surface area contributed by atoms with Crippen LogP contribution in [0.1, 0.15) is 47.1 Å². The zero-order valence-corrected chi connectivity index (χ0v) is 12.1. The summed E-state index contributed by atoms with van der Waals surface area (Å²) in [4.78, 5) is 15.4. The highest BCUT2D eigenvalue weighted by Crippen LogP contribution is 2.23. The van der Waals surface area contributed by atoms with Crippen LogP contribution in [0.5, 0.6) is 0 Å². The Morgan fingerprint density at radius 2 is 2.32 bits per heavy atom.